The zero-order valence-corrected chi connectivity index (χ0v) is 29.8. The summed E-state index contributed by atoms with van der Waals surface area (Å²) in [6.45, 7) is 9.54. The van der Waals surface area contributed by atoms with Crippen LogP contribution in [-0.2, 0) is 52.8 Å². The number of carbonyl (C=O) groups excluding carboxylic acids is 3. The average Bonchev–Trinajstić information content (AvgIpc) is 3.81. The van der Waals surface area contributed by atoms with Gasteiger partial charge in [0, 0.05) is 6.42 Å². The highest BCUT2D eigenvalue weighted by molar-refractivity contribution is 7.52. The number of nitrogen functional groups attached to an aromatic ring is 1. The lowest BCUT2D eigenvalue weighted by molar-refractivity contribution is -0.193. The first-order valence-corrected chi connectivity index (χ1v) is 17.9. The molecule has 0 bridgehead atoms. The van der Waals surface area contributed by atoms with Crippen LogP contribution in [0.3, 0.4) is 0 Å². The quantitative estimate of drug-likeness (QED) is 0.139. The van der Waals surface area contributed by atoms with Crippen molar-refractivity contribution in [3.8, 4) is 5.75 Å². The molecule has 2 saturated heterocycles. The molecule has 50 heavy (non-hydrogen) atoms. The predicted molar refractivity (Wildman–Crippen MR) is 178 cm³/mol. The van der Waals surface area contributed by atoms with Crippen molar-refractivity contribution in [1.29, 1.82) is 0 Å². The van der Waals surface area contributed by atoms with Crippen LogP contribution in [0.5, 0.6) is 5.75 Å². The number of hydrogen-bond acceptors (Lipinski definition) is 14. The number of benzene rings is 1. The van der Waals surface area contributed by atoms with Crippen molar-refractivity contribution >= 4 is 37.0 Å². The maximum absolute atomic E-state index is 14.5. The summed E-state index contributed by atoms with van der Waals surface area (Å²) in [4.78, 5) is 43.7. The first-order valence-electron chi connectivity index (χ1n) is 16.4. The third-order valence-electron chi connectivity index (χ3n) is 8.34. The van der Waals surface area contributed by atoms with E-state index in [0.717, 1.165) is 0 Å². The highest BCUT2D eigenvalue weighted by Gasteiger charge is 2.64. The number of nitrogens with zero attached hydrogens (tertiary/aromatic N) is 3. The minimum absolute atomic E-state index is 0.162. The van der Waals surface area contributed by atoms with E-state index in [1.54, 1.807) is 77.1 Å². The van der Waals surface area contributed by atoms with E-state index < -0.39 is 73.5 Å². The topological polar surface area (TPSA) is 201 Å². The Kier molecular flexibility index (Phi) is 11.2. The molecule has 0 aliphatic carbocycles. The zero-order valence-electron chi connectivity index (χ0n) is 28.9. The number of rotatable bonds is 14. The molecule has 0 unspecified atom stereocenters. The summed E-state index contributed by atoms with van der Waals surface area (Å²) in [5.41, 5.74) is 3.43. The normalized spacial score (nSPS) is 25.4. The first-order chi connectivity index (χ1) is 23.7. The number of aromatic nitrogens is 3. The molecule has 2 aliphatic rings. The number of esters is 3. The van der Waals surface area contributed by atoms with Gasteiger partial charge in [0.1, 0.15) is 35.3 Å². The summed E-state index contributed by atoms with van der Waals surface area (Å²) >= 11 is 0. The number of nitrogens with two attached hydrogens (primary N) is 1. The minimum Gasteiger partial charge on any atom is -0.459 e. The summed E-state index contributed by atoms with van der Waals surface area (Å²) in [5.74, 6) is -2.74. The molecule has 1 aromatic carbocycles. The van der Waals surface area contributed by atoms with Crippen molar-refractivity contribution in [2.45, 2.75) is 77.4 Å². The van der Waals surface area contributed by atoms with Gasteiger partial charge in [0.05, 0.1) is 44.0 Å². The molecule has 0 radical (unpaired) electrons. The second kappa shape index (κ2) is 15.0. The predicted octanol–water partition coefficient (Wildman–Crippen LogP) is 3.58. The lowest BCUT2D eigenvalue weighted by atomic mass is 9.85. The molecule has 16 nitrogen and oxygen atoms in total. The van der Waals surface area contributed by atoms with E-state index >= 15 is 0 Å². The number of carbonyl (C=O) groups is 3. The Bertz CT molecular complexity index is 1730. The summed E-state index contributed by atoms with van der Waals surface area (Å²) in [6, 6.07) is 10.4. The SMILES string of the molecule is CC(C)C(=O)O[C@@H]1[C@@](C)(CO[P@@](=O)(N[C@@H](C)C(=O)O[C@H]2CCOC2)Oc2ccccc2)OC[C@]1(OC(=O)C(C)C)c1ccc2c(N)ncnn12. The highest BCUT2D eigenvalue weighted by atomic mass is 31.2. The van der Waals surface area contributed by atoms with Gasteiger partial charge in [-0.3, -0.25) is 18.9 Å². The Morgan fingerprint density at radius 1 is 1.04 bits per heavy atom. The average molecular weight is 718 g/mol. The van der Waals surface area contributed by atoms with Crippen molar-refractivity contribution in [2.24, 2.45) is 11.8 Å². The Morgan fingerprint density at radius 2 is 1.76 bits per heavy atom. The van der Waals surface area contributed by atoms with Crippen LogP contribution in [-0.4, -0.2) is 82.8 Å². The molecule has 2 fully saturated rings. The van der Waals surface area contributed by atoms with E-state index in [1.807, 2.05) is 0 Å². The summed E-state index contributed by atoms with van der Waals surface area (Å²) in [5, 5.41) is 7.01. The third kappa shape index (κ3) is 7.94. The molecule has 2 aromatic heterocycles. The fraction of sp³-hybridized carbons (Fsp3) is 0.545. The zero-order chi connectivity index (χ0) is 36.3. The number of nitrogens with one attached hydrogen (secondary N) is 1. The van der Waals surface area contributed by atoms with Crippen LogP contribution in [0.1, 0.15) is 53.7 Å². The monoisotopic (exact) mass is 717 g/mol. The summed E-state index contributed by atoms with van der Waals surface area (Å²) < 4.78 is 57.3. The maximum atomic E-state index is 14.5. The second-order valence-corrected chi connectivity index (χ2v) is 14.8. The second-order valence-electron chi connectivity index (χ2n) is 13.1. The van der Waals surface area contributed by atoms with Crippen LogP contribution in [0.15, 0.2) is 48.8 Å². The molecule has 2 aliphatic heterocycles. The van der Waals surface area contributed by atoms with Gasteiger partial charge in [0.15, 0.2) is 11.9 Å². The van der Waals surface area contributed by atoms with Crippen molar-refractivity contribution in [3.63, 3.8) is 0 Å². The Hall–Kier alpha value is -4.08. The van der Waals surface area contributed by atoms with Crippen LogP contribution < -0.4 is 15.3 Å². The molecule has 3 aromatic rings. The number of fused-ring (bicyclic) bond motifs is 1. The number of para-hydroxylation sites is 1. The standard InChI is InChI=1S/C33H44N5O11P/c1-20(2)28(39)47-31-32(6,44-18-33(31,48-29(40)21(3)4)26-13-12-25-27(34)35-19-36-38(25)26)17-45-50(42,49-23-10-8-7-9-11-23)37-22(5)30(41)46-24-14-15-43-16-24/h7-13,19-22,24,31H,14-18H2,1-6H3,(H,37,42)(H2,34,35,36)/t22-,24-,31+,32+,33-,50-/m0/s1. The molecule has 5 rings (SSSR count). The molecular formula is C33H44N5O11P. The summed E-state index contributed by atoms with van der Waals surface area (Å²) in [6.07, 6.45) is -0.0299. The van der Waals surface area contributed by atoms with E-state index in [4.69, 9.17) is 38.5 Å². The smallest absolute Gasteiger partial charge is 0.459 e. The molecule has 17 heteroatoms. The van der Waals surface area contributed by atoms with Crippen LogP contribution >= 0.6 is 7.75 Å². The van der Waals surface area contributed by atoms with Gasteiger partial charge in [-0.1, -0.05) is 45.9 Å². The van der Waals surface area contributed by atoms with Gasteiger partial charge in [-0.15, -0.1) is 0 Å². The Labute approximate surface area is 289 Å². The van der Waals surface area contributed by atoms with Gasteiger partial charge in [0.25, 0.3) is 0 Å². The fourth-order valence-electron chi connectivity index (χ4n) is 5.51. The van der Waals surface area contributed by atoms with E-state index in [9.17, 15) is 18.9 Å². The van der Waals surface area contributed by atoms with Gasteiger partial charge in [0.2, 0.25) is 5.60 Å². The van der Waals surface area contributed by atoms with Crippen LogP contribution in [0.2, 0.25) is 0 Å². The van der Waals surface area contributed by atoms with Crippen molar-refractivity contribution in [2.75, 3.05) is 32.2 Å². The third-order valence-corrected chi connectivity index (χ3v) is 9.96. The van der Waals surface area contributed by atoms with Gasteiger partial charge < -0.3 is 33.9 Å². The molecule has 4 heterocycles. The molecular weight excluding hydrogens is 673 g/mol. The van der Waals surface area contributed by atoms with Crippen molar-refractivity contribution in [3.05, 3.63) is 54.5 Å². The van der Waals surface area contributed by atoms with Crippen LogP contribution in [0, 0.1) is 11.8 Å². The van der Waals surface area contributed by atoms with Crippen LogP contribution in [0.4, 0.5) is 5.82 Å². The van der Waals surface area contributed by atoms with Gasteiger partial charge in [-0.05, 0) is 38.1 Å². The van der Waals surface area contributed by atoms with E-state index in [-0.39, 0.29) is 30.5 Å². The number of hydrogen-bond donors (Lipinski definition) is 2. The Morgan fingerprint density at radius 3 is 2.42 bits per heavy atom. The first kappa shape index (κ1) is 37.2. The largest absolute Gasteiger partial charge is 0.459 e. The Balaban J connectivity index is 1.52. The molecule has 3 N–H and O–H groups in total. The molecule has 272 valence electrons. The lowest BCUT2D eigenvalue weighted by Crippen LogP contribution is -2.55. The minimum atomic E-state index is -4.41. The fourth-order valence-corrected chi connectivity index (χ4v) is 7.09. The lowest BCUT2D eigenvalue weighted by Gasteiger charge is -2.38. The van der Waals surface area contributed by atoms with Crippen molar-refractivity contribution in [1.82, 2.24) is 19.7 Å². The number of ether oxygens (including phenoxy) is 5. The van der Waals surface area contributed by atoms with Crippen LogP contribution in [0.25, 0.3) is 5.52 Å². The molecule has 0 saturated carbocycles. The number of anilines is 1. The molecule has 0 spiro atoms. The van der Waals surface area contributed by atoms with Gasteiger partial charge >= 0.3 is 25.7 Å². The summed E-state index contributed by atoms with van der Waals surface area (Å²) in [7, 11) is -4.41. The maximum Gasteiger partial charge on any atom is 0.459 e. The molecule has 6 atom stereocenters. The van der Waals surface area contributed by atoms with Crippen molar-refractivity contribution < 1.29 is 51.7 Å². The van der Waals surface area contributed by atoms with Gasteiger partial charge in [-0.2, -0.15) is 10.2 Å². The van der Waals surface area contributed by atoms with E-state index in [2.05, 4.69) is 15.2 Å². The molecule has 0 amide bonds. The van der Waals surface area contributed by atoms with E-state index in [0.29, 0.717) is 18.5 Å². The van der Waals surface area contributed by atoms with Gasteiger partial charge in [-0.25, -0.2) is 14.1 Å². The highest BCUT2D eigenvalue weighted by Crippen LogP contribution is 2.51. The van der Waals surface area contributed by atoms with E-state index in [1.165, 1.54) is 17.8 Å².